The topological polar surface area (TPSA) is 127 Å². The van der Waals surface area contributed by atoms with Gasteiger partial charge in [0.1, 0.15) is 5.65 Å². The molecule has 4 aromatic rings. The number of nitrogens with one attached hydrogen (secondary N) is 3. The second-order valence-electron chi connectivity index (χ2n) is 6.79. The molecule has 0 saturated carbocycles. The predicted molar refractivity (Wildman–Crippen MR) is 117 cm³/mol. The van der Waals surface area contributed by atoms with E-state index in [4.69, 9.17) is 5.11 Å². The summed E-state index contributed by atoms with van der Waals surface area (Å²) in [5.74, 6) is 0.217. The first-order valence-corrected chi connectivity index (χ1v) is 9.48. The molecule has 5 N–H and O–H groups in total. The first kappa shape index (κ1) is 19.6. The molecule has 0 amide bonds. The van der Waals surface area contributed by atoms with Gasteiger partial charge >= 0.3 is 0 Å². The van der Waals surface area contributed by atoms with Crippen molar-refractivity contribution >= 4 is 29.1 Å². The first-order valence-electron chi connectivity index (χ1n) is 9.48. The number of aromatic nitrogens is 4. The zero-order valence-electron chi connectivity index (χ0n) is 16.0. The number of pyridine rings is 1. The van der Waals surface area contributed by atoms with E-state index in [0.717, 1.165) is 22.5 Å². The highest BCUT2D eigenvalue weighted by molar-refractivity contribution is 5.83. The lowest BCUT2D eigenvalue weighted by Gasteiger charge is -2.08. The molecule has 0 aliphatic rings. The van der Waals surface area contributed by atoms with E-state index in [-0.39, 0.29) is 24.7 Å². The van der Waals surface area contributed by atoms with Crippen LogP contribution in [0.3, 0.4) is 0 Å². The smallest absolute Gasteiger partial charge is 0.261 e. The molecular weight excluding hydrogens is 382 g/mol. The summed E-state index contributed by atoms with van der Waals surface area (Å²) in [6.45, 7) is -0.310. The van der Waals surface area contributed by atoms with Crippen LogP contribution in [0.15, 0.2) is 59.5 Å². The van der Waals surface area contributed by atoms with E-state index in [1.807, 2.05) is 54.6 Å². The fraction of sp³-hybridized carbons (Fsp3) is 0.136. The number of hydrogen-bond acceptors (Lipinski definition) is 6. The van der Waals surface area contributed by atoms with Gasteiger partial charge in [0, 0.05) is 24.0 Å². The molecule has 4 rings (SSSR count). The highest BCUT2D eigenvalue weighted by Gasteiger charge is 2.11. The number of fused-ring (bicyclic) bond motifs is 1. The lowest BCUT2D eigenvalue weighted by Crippen LogP contribution is -2.25. The summed E-state index contributed by atoms with van der Waals surface area (Å²) >= 11 is 0. The third kappa shape index (κ3) is 4.45. The van der Waals surface area contributed by atoms with Gasteiger partial charge < -0.3 is 20.5 Å². The Hall–Kier alpha value is -3.75. The number of nitrogens with zero attached hydrogens (tertiary/aromatic N) is 2. The van der Waals surface area contributed by atoms with E-state index >= 15 is 0 Å². The molecule has 1 unspecified atom stereocenters. The summed E-state index contributed by atoms with van der Waals surface area (Å²) in [6.07, 6.45) is 4.69. The quantitative estimate of drug-likeness (QED) is 0.322. The van der Waals surface area contributed by atoms with Gasteiger partial charge in [-0.15, -0.1) is 0 Å². The number of benzene rings is 1. The molecule has 1 atom stereocenters. The monoisotopic (exact) mass is 403 g/mol. The molecule has 8 nitrogen and oxygen atoms in total. The van der Waals surface area contributed by atoms with E-state index in [2.05, 4.69) is 25.3 Å². The summed E-state index contributed by atoms with van der Waals surface area (Å²) in [5, 5.41) is 21.6. The summed E-state index contributed by atoms with van der Waals surface area (Å²) in [4.78, 5) is 26.9. The highest BCUT2D eigenvalue weighted by atomic mass is 16.3. The van der Waals surface area contributed by atoms with Crippen LogP contribution in [0.25, 0.3) is 34.4 Å². The molecule has 0 fully saturated rings. The van der Waals surface area contributed by atoms with E-state index < -0.39 is 6.10 Å². The number of anilines is 1. The average molecular weight is 403 g/mol. The lowest BCUT2D eigenvalue weighted by molar-refractivity contribution is 0.105. The van der Waals surface area contributed by atoms with Crippen LogP contribution >= 0.6 is 0 Å². The van der Waals surface area contributed by atoms with E-state index in [9.17, 15) is 9.90 Å². The Kier molecular flexibility index (Phi) is 5.69. The Bertz CT molecular complexity index is 1230. The Balaban J connectivity index is 1.61. The number of rotatable bonds is 7. The van der Waals surface area contributed by atoms with Gasteiger partial charge in [0.15, 0.2) is 0 Å². The van der Waals surface area contributed by atoms with Crippen LogP contribution in [0.2, 0.25) is 0 Å². The summed E-state index contributed by atoms with van der Waals surface area (Å²) in [5.41, 5.74) is 3.61. The maximum atomic E-state index is 12.4. The van der Waals surface area contributed by atoms with Crippen molar-refractivity contribution in [1.82, 2.24) is 19.9 Å². The van der Waals surface area contributed by atoms with Crippen molar-refractivity contribution in [3.8, 4) is 11.3 Å². The Morgan fingerprint density at radius 1 is 1.10 bits per heavy atom. The fourth-order valence-electron chi connectivity index (χ4n) is 2.99. The highest BCUT2D eigenvalue weighted by Crippen LogP contribution is 2.22. The average Bonchev–Trinajstić information content (AvgIpc) is 3.22. The van der Waals surface area contributed by atoms with Crippen LogP contribution in [-0.4, -0.2) is 49.4 Å². The number of hydrogen-bond donors (Lipinski definition) is 5. The molecule has 8 heteroatoms. The zero-order chi connectivity index (χ0) is 20.9. The SMILES string of the molecule is O=c1[nH]c(NCC(O)CO)nc2[nH]c(-c3ccnc(/C=C/c4ccccc4)c3)cc12. The molecule has 3 aromatic heterocycles. The third-order valence-corrected chi connectivity index (χ3v) is 4.55. The molecule has 0 aliphatic heterocycles. The van der Waals surface area contributed by atoms with Crippen molar-refractivity contribution in [2.75, 3.05) is 18.5 Å². The third-order valence-electron chi connectivity index (χ3n) is 4.55. The number of aliphatic hydroxyl groups is 2. The van der Waals surface area contributed by atoms with Gasteiger partial charge in [0.2, 0.25) is 5.95 Å². The van der Waals surface area contributed by atoms with Gasteiger partial charge in [-0.25, -0.2) is 0 Å². The van der Waals surface area contributed by atoms with Gasteiger partial charge in [-0.3, -0.25) is 14.8 Å². The summed E-state index contributed by atoms with van der Waals surface area (Å²) in [6, 6.07) is 15.5. The molecule has 0 bridgehead atoms. The number of H-pyrrole nitrogens is 2. The number of aliphatic hydroxyl groups excluding tert-OH is 2. The maximum absolute atomic E-state index is 12.4. The minimum Gasteiger partial charge on any atom is -0.394 e. The lowest BCUT2D eigenvalue weighted by atomic mass is 10.1. The van der Waals surface area contributed by atoms with Crippen molar-refractivity contribution in [2.45, 2.75) is 6.10 Å². The Morgan fingerprint density at radius 3 is 2.73 bits per heavy atom. The van der Waals surface area contributed by atoms with E-state index in [1.165, 1.54) is 0 Å². The standard InChI is InChI=1S/C22H21N5O3/c28-13-17(29)12-24-22-26-20-18(21(30)27-22)11-19(25-20)15-8-9-23-16(10-15)7-6-14-4-2-1-3-5-14/h1-11,17,28-29H,12-13H2,(H3,24,25,26,27,30)/b7-6+. The molecule has 152 valence electrons. The van der Waals surface area contributed by atoms with Crippen molar-refractivity contribution < 1.29 is 10.2 Å². The second kappa shape index (κ2) is 8.73. The van der Waals surface area contributed by atoms with Crippen molar-refractivity contribution in [1.29, 1.82) is 0 Å². The Morgan fingerprint density at radius 2 is 1.93 bits per heavy atom. The maximum Gasteiger partial charge on any atom is 0.261 e. The van der Waals surface area contributed by atoms with Crippen molar-refractivity contribution in [3.63, 3.8) is 0 Å². The van der Waals surface area contributed by atoms with Gasteiger partial charge in [0.05, 0.1) is 23.8 Å². The van der Waals surface area contributed by atoms with Crippen LogP contribution in [0.4, 0.5) is 5.95 Å². The van der Waals surface area contributed by atoms with E-state index in [0.29, 0.717) is 11.0 Å². The number of aromatic amines is 2. The molecule has 1 aromatic carbocycles. The van der Waals surface area contributed by atoms with Gasteiger partial charge in [0.25, 0.3) is 5.56 Å². The first-order chi connectivity index (χ1) is 14.6. The normalized spacial score (nSPS) is 12.5. The van der Waals surface area contributed by atoms with Crippen molar-refractivity contribution in [2.24, 2.45) is 0 Å². The van der Waals surface area contributed by atoms with Crippen molar-refractivity contribution in [3.05, 3.63) is 76.3 Å². The van der Waals surface area contributed by atoms with Gasteiger partial charge in [-0.1, -0.05) is 36.4 Å². The molecule has 0 aliphatic carbocycles. The van der Waals surface area contributed by atoms with Gasteiger partial charge in [-0.05, 0) is 29.8 Å². The molecule has 0 saturated heterocycles. The van der Waals surface area contributed by atoms with Crippen LogP contribution in [0.1, 0.15) is 11.3 Å². The minimum absolute atomic E-state index is 0.0694. The van der Waals surface area contributed by atoms with Crippen LogP contribution in [-0.2, 0) is 0 Å². The largest absolute Gasteiger partial charge is 0.394 e. The minimum atomic E-state index is -0.940. The second-order valence-corrected chi connectivity index (χ2v) is 6.79. The van der Waals surface area contributed by atoms with Crippen LogP contribution in [0.5, 0.6) is 0 Å². The molecule has 0 radical (unpaired) electrons. The summed E-state index contributed by atoms with van der Waals surface area (Å²) < 4.78 is 0. The van der Waals surface area contributed by atoms with E-state index in [1.54, 1.807) is 12.3 Å². The predicted octanol–water partition coefficient (Wildman–Crippen LogP) is 2.25. The fourth-order valence-corrected chi connectivity index (χ4v) is 2.99. The molecule has 0 spiro atoms. The van der Waals surface area contributed by atoms with Crippen LogP contribution in [0, 0.1) is 0 Å². The summed E-state index contributed by atoms with van der Waals surface area (Å²) in [7, 11) is 0. The Labute approximate surface area is 172 Å². The zero-order valence-corrected chi connectivity index (χ0v) is 16.0. The molecule has 3 heterocycles. The van der Waals surface area contributed by atoms with Crippen LogP contribution < -0.4 is 10.9 Å². The van der Waals surface area contributed by atoms with Gasteiger partial charge in [-0.2, -0.15) is 4.98 Å². The molecular formula is C22H21N5O3. The molecule has 30 heavy (non-hydrogen) atoms.